The minimum atomic E-state index is -0.103. The summed E-state index contributed by atoms with van der Waals surface area (Å²) in [4.78, 5) is 16.5. The highest BCUT2D eigenvalue weighted by Gasteiger charge is 2.26. The van der Waals surface area contributed by atoms with Crippen LogP contribution in [-0.2, 0) is 6.54 Å². The molecule has 7 nitrogen and oxygen atoms in total. The van der Waals surface area contributed by atoms with Gasteiger partial charge in [-0.2, -0.15) is 10.4 Å². The van der Waals surface area contributed by atoms with E-state index >= 15 is 0 Å². The number of likely N-dealkylation sites (N-methyl/N-ethyl adjacent to an activating group) is 1. The molecule has 1 fully saturated rings. The maximum atomic E-state index is 12.4. The Morgan fingerprint density at radius 1 is 1.57 bits per heavy atom. The average Bonchev–Trinajstić information content (AvgIpc) is 2.76. The molecule has 0 bridgehead atoms. The van der Waals surface area contributed by atoms with Gasteiger partial charge < -0.3 is 9.80 Å². The number of nitrogens with zero attached hydrogens (tertiary/aromatic N) is 5. The van der Waals surface area contributed by atoms with E-state index in [1.165, 1.54) is 0 Å². The number of aryl methyl sites for hydroxylation is 2. The van der Waals surface area contributed by atoms with Crippen LogP contribution in [0.4, 0.5) is 10.6 Å². The van der Waals surface area contributed by atoms with E-state index in [2.05, 4.69) is 28.4 Å². The predicted molar refractivity (Wildman–Crippen MR) is 79.9 cm³/mol. The van der Waals surface area contributed by atoms with Crippen LogP contribution in [0.5, 0.6) is 0 Å². The van der Waals surface area contributed by atoms with E-state index in [-0.39, 0.29) is 12.1 Å². The number of carbonyl (C=O) groups is 1. The minimum absolute atomic E-state index is 0.103. The third kappa shape index (κ3) is 3.73. The van der Waals surface area contributed by atoms with Gasteiger partial charge in [-0.25, -0.2) is 9.48 Å². The number of piperazine rings is 1. The fourth-order valence-corrected chi connectivity index (χ4v) is 2.60. The van der Waals surface area contributed by atoms with Gasteiger partial charge in [-0.1, -0.05) is 0 Å². The largest absolute Gasteiger partial charge is 0.323 e. The molecule has 0 aromatic carbocycles. The van der Waals surface area contributed by atoms with E-state index < -0.39 is 0 Å². The highest BCUT2D eigenvalue weighted by atomic mass is 16.2. The van der Waals surface area contributed by atoms with E-state index in [1.807, 2.05) is 24.8 Å². The summed E-state index contributed by atoms with van der Waals surface area (Å²) in [6.07, 6.45) is 0.370. The number of aromatic nitrogens is 2. The second-order valence-corrected chi connectivity index (χ2v) is 5.54. The summed E-state index contributed by atoms with van der Waals surface area (Å²) >= 11 is 0. The zero-order valence-corrected chi connectivity index (χ0v) is 12.8. The molecule has 0 saturated carbocycles. The lowest BCUT2D eigenvalue weighted by molar-refractivity contribution is 0.125. The van der Waals surface area contributed by atoms with Crippen molar-refractivity contribution in [3.05, 3.63) is 11.8 Å². The number of rotatable bonds is 3. The van der Waals surface area contributed by atoms with E-state index in [4.69, 9.17) is 5.26 Å². The highest BCUT2D eigenvalue weighted by molar-refractivity contribution is 5.88. The van der Waals surface area contributed by atoms with Crippen LogP contribution in [0, 0.1) is 18.3 Å². The van der Waals surface area contributed by atoms with Gasteiger partial charge >= 0.3 is 6.03 Å². The Morgan fingerprint density at radius 2 is 2.33 bits per heavy atom. The van der Waals surface area contributed by atoms with Gasteiger partial charge in [0.15, 0.2) is 0 Å². The molecule has 2 heterocycles. The molecule has 1 saturated heterocycles. The smallest absolute Gasteiger partial charge is 0.319 e. The quantitative estimate of drug-likeness (QED) is 0.909. The van der Waals surface area contributed by atoms with E-state index in [9.17, 15) is 4.79 Å². The Hall–Kier alpha value is -2.07. The number of hydrogen-bond donors (Lipinski definition) is 1. The molecule has 2 amide bonds. The second kappa shape index (κ2) is 6.59. The first-order chi connectivity index (χ1) is 10.0. The molecule has 1 aromatic rings. The van der Waals surface area contributed by atoms with Gasteiger partial charge in [-0.3, -0.25) is 5.32 Å². The lowest BCUT2D eigenvalue weighted by Gasteiger charge is -2.38. The lowest BCUT2D eigenvalue weighted by Crippen LogP contribution is -2.54. The zero-order chi connectivity index (χ0) is 15.4. The van der Waals surface area contributed by atoms with Crippen LogP contribution >= 0.6 is 0 Å². The van der Waals surface area contributed by atoms with E-state index in [1.54, 1.807) is 4.68 Å². The molecular formula is C14H22N6O. The Balaban J connectivity index is 2.04. The van der Waals surface area contributed by atoms with Gasteiger partial charge in [0.05, 0.1) is 24.7 Å². The number of urea groups is 1. The van der Waals surface area contributed by atoms with Crippen molar-refractivity contribution in [3.8, 4) is 6.07 Å². The van der Waals surface area contributed by atoms with Crippen molar-refractivity contribution >= 4 is 11.8 Å². The Kier molecular flexibility index (Phi) is 4.81. The third-order valence-electron chi connectivity index (χ3n) is 3.66. The molecule has 7 heteroatoms. The van der Waals surface area contributed by atoms with Crippen molar-refractivity contribution in [1.82, 2.24) is 19.6 Å². The SMILES string of the molecule is Cc1cc(NC(=O)N2CCN(C)CC2C)n(CCC#N)n1. The van der Waals surface area contributed by atoms with Gasteiger partial charge in [0, 0.05) is 31.7 Å². The van der Waals surface area contributed by atoms with Gasteiger partial charge in [0.2, 0.25) is 0 Å². The third-order valence-corrected chi connectivity index (χ3v) is 3.66. The van der Waals surface area contributed by atoms with Crippen molar-refractivity contribution in [2.45, 2.75) is 32.9 Å². The molecule has 1 unspecified atom stereocenters. The van der Waals surface area contributed by atoms with Gasteiger partial charge in [-0.15, -0.1) is 0 Å². The van der Waals surface area contributed by atoms with Crippen LogP contribution in [0.1, 0.15) is 19.0 Å². The van der Waals surface area contributed by atoms with Gasteiger partial charge in [-0.05, 0) is 20.9 Å². The summed E-state index contributed by atoms with van der Waals surface area (Å²) in [6, 6.07) is 4.00. The maximum absolute atomic E-state index is 12.4. The molecular weight excluding hydrogens is 268 g/mol. The molecule has 0 aliphatic carbocycles. The summed E-state index contributed by atoms with van der Waals surface area (Å²) in [6.45, 7) is 6.88. The summed E-state index contributed by atoms with van der Waals surface area (Å²) in [7, 11) is 2.06. The molecule has 1 N–H and O–H groups in total. The summed E-state index contributed by atoms with van der Waals surface area (Å²) in [5.41, 5.74) is 0.828. The molecule has 0 spiro atoms. The number of nitrogens with one attached hydrogen (secondary N) is 1. The zero-order valence-electron chi connectivity index (χ0n) is 12.8. The van der Waals surface area contributed by atoms with Crippen LogP contribution in [0.25, 0.3) is 0 Å². The maximum Gasteiger partial charge on any atom is 0.323 e. The van der Waals surface area contributed by atoms with Crippen LogP contribution in [0.2, 0.25) is 0 Å². The fourth-order valence-electron chi connectivity index (χ4n) is 2.60. The summed E-state index contributed by atoms with van der Waals surface area (Å²) < 4.78 is 1.68. The Labute approximate surface area is 125 Å². The first kappa shape index (κ1) is 15.3. The normalized spacial score (nSPS) is 19.3. The Morgan fingerprint density at radius 3 is 3.00 bits per heavy atom. The first-order valence-electron chi connectivity index (χ1n) is 7.19. The number of amides is 2. The summed E-state index contributed by atoms with van der Waals surface area (Å²) in [5, 5.41) is 15.9. The molecule has 1 aliphatic heterocycles. The number of carbonyl (C=O) groups excluding carboxylic acids is 1. The van der Waals surface area contributed by atoms with Crippen molar-refractivity contribution in [3.63, 3.8) is 0 Å². The first-order valence-corrected chi connectivity index (χ1v) is 7.19. The van der Waals surface area contributed by atoms with Crippen molar-refractivity contribution in [1.29, 1.82) is 5.26 Å². The molecule has 1 aliphatic rings. The topological polar surface area (TPSA) is 77.2 Å². The minimum Gasteiger partial charge on any atom is -0.319 e. The number of nitriles is 1. The monoisotopic (exact) mass is 290 g/mol. The molecule has 114 valence electrons. The van der Waals surface area contributed by atoms with E-state index in [0.717, 1.165) is 25.3 Å². The molecule has 2 rings (SSSR count). The number of anilines is 1. The van der Waals surface area contributed by atoms with Crippen LogP contribution in [-0.4, -0.2) is 58.3 Å². The Bertz CT molecular complexity index is 546. The van der Waals surface area contributed by atoms with Crippen LogP contribution in [0.15, 0.2) is 6.07 Å². The van der Waals surface area contributed by atoms with E-state index in [0.29, 0.717) is 18.8 Å². The highest BCUT2D eigenvalue weighted by Crippen LogP contribution is 2.14. The predicted octanol–water partition coefficient (Wildman–Crippen LogP) is 1.27. The van der Waals surface area contributed by atoms with Crippen LogP contribution in [0.3, 0.4) is 0 Å². The van der Waals surface area contributed by atoms with Crippen LogP contribution < -0.4 is 5.32 Å². The second-order valence-electron chi connectivity index (χ2n) is 5.54. The lowest BCUT2D eigenvalue weighted by atomic mass is 10.2. The molecule has 0 radical (unpaired) electrons. The van der Waals surface area contributed by atoms with Crippen molar-refractivity contribution in [2.24, 2.45) is 0 Å². The fraction of sp³-hybridized carbons (Fsp3) is 0.643. The number of hydrogen-bond acceptors (Lipinski definition) is 4. The molecule has 1 aromatic heterocycles. The van der Waals surface area contributed by atoms with Gasteiger partial charge in [0.1, 0.15) is 5.82 Å². The standard InChI is InChI=1S/C14H22N6O/c1-11-9-13(20(17-11)6-4-5-15)16-14(21)19-8-7-18(3)10-12(19)2/h9,12H,4,6-8,10H2,1-3H3,(H,16,21). The average molecular weight is 290 g/mol. The molecule has 1 atom stereocenters. The summed E-state index contributed by atoms with van der Waals surface area (Å²) in [5.74, 6) is 0.652. The van der Waals surface area contributed by atoms with Gasteiger partial charge in [0.25, 0.3) is 0 Å². The van der Waals surface area contributed by atoms with Crippen molar-refractivity contribution in [2.75, 3.05) is 32.0 Å². The van der Waals surface area contributed by atoms with Crippen molar-refractivity contribution < 1.29 is 4.79 Å². The molecule has 21 heavy (non-hydrogen) atoms.